The molecule has 1 amide bonds. The van der Waals surface area contributed by atoms with Gasteiger partial charge in [-0.3, -0.25) is 14.7 Å². The van der Waals surface area contributed by atoms with Crippen LogP contribution in [-0.2, 0) is 14.3 Å². The standard InChI is InChI=1S/C15H15IN2O4S/c1-17-15-18(2)14(20)12(23-15)7-9-4-5-11(10(16)6-9)22-8-13(19)21-3/h4-7H,8H2,1-3H3/b12-7+,17-15?. The van der Waals surface area contributed by atoms with Gasteiger partial charge in [0.1, 0.15) is 5.75 Å². The number of methoxy groups -OCH3 is 1. The first-order chi connectivity index (χ1) is 11.0. The first kappa shape index (κ1) is 17.8. The van der Waals surface area contributed by atoms with Gasteiger partial charge in [-0.25, -0.2) is 4.79 Å². The van der Waals surface area contributed by atoms with E-state index in [0.29, 0.717) is 15.8 Å². The van der Waals surface area contributed by atoms with Crippen LogP contribution in [0.1, 0.15) is 5.56 Å². The van der Waals surface area contributed by atoms with Crippen molar-refractivity contribution in [2.45, 2.75) is 0 Å². The number of likely N-dealkylation sites (N-methyl/N-ethyl adjacent to an activating group) is 1. The fraction of sp³-hybridized carbons (Fsp3) is 0.267. The van der Waals surface area contributed by atoms with Crippen LogP contribution in [0.4, 0.5) is 0 Å². The van der Waals surface area contributed by atoms with Crippen LogP contribution in [0.15, 0.2) is 28.1 Å². The molecule has 23 heavy (non-hydrogen) atoms. The maximum absolute atomic E-state index is 12.1. The summed E-state index contributed by atoms with van der Waals surface area (Å²) in [6.45, 7) is -0.137. The van der Waals surface area contributed by atoms with E-state index in [1.165, 1.54) is 23.8 Å². The molecule has 1 heterocycles. The molecule has 1 aliphatic heterocycles. The van der Waals surface area contributed by atoms with Crippen LogP contribution in [0.2, 0.25) is 0 Å². The first-order valence-corrected chi connectivity index (χ1v) is 8.49. The molecule has 0 N–H and O–H groups in total. The smallest absolute Gasteiger partial charge is 0.343 e. The minimum absolute atomic E-state index is 0.0726. The monoisotopic (exact) mass is 446 g/mol. The van der Waals surface area contributed by atoms with E-state index in [9.17, 15) is 9.59 Å². The van der Waals surface area contributed by atoms with Crippen LogP contribution in [0.5, 0.6) is 5.75 Å². The second-order valence-electron chi connectivity index (χ2n) is 4.54. The van der Waals surface area contributed by atoms with Crippen LogP contribution in [0.3, 0.4) is 0 Å². The highest BCUT2D eigenvalue weighted by Crippen LogP contribution is 2.32. The summed E-state index contributed by atoms with van der Waals surface area (Å²) in [7, 11) is 4.67. The molecule has 0 atom stereocenters. The molecule has 0 saturated carbocycles. The largest absolute Gasteiger partial charge is 0.481 e. The van der Waals surface area contributed by atoms with Crippen LogP contribution in [-0.4, -0.2) is 49.8 Å². The van der Waals surface area contributed by atoms with Crippen molar-refractivity contribution in [2.75, 3.05) is 27.8 Å². The number of amidine groups is 1. The molecular formula is C15H15IN2O4S. The first-order valence-electron chi connectivity index (χ1n) is 6.59. The minimum Gasteiger partial charge on any atom is -0.481 e. The van der Waals surface area contributed by atoms with Gasteiger partial charge in [-0.15, -0.1) is 0 Å². The van der Waals surface area contributed by atoms with Crippen LogP contribution >= 0.6 is 34.4 Å². The van der Waals surface area contributed by atoms with Gasteiger partial charge in [-0.1, -0.05) is 6.07 Å². The number of rotatable bonds is 4. The van der Waals surface area contributed by atoms with E-state index >= 15 is 0 Å². The molecule has 0 spiro atoms. The van der Waals surface area contributed by atoms with Gasteiger partial charge < -0.3 is 9.47 Å². The maximum atomic E-state index is 12.1. The van der Waals surface area contributed by atoms with Crippen molar-refractivity contribution >= 4 is 57.5 Å². The molecule has 1 aromatic rings. The maximum Gasteiger partial charge on any atom is 0.343 e. The number of esters is 1. The molecule has 122 valence electrons. The van der Waals surface area contributed by atoms with Gasteiger partial charge >= 0.3 is 5.97 Å². The van der Waals surface area contributed by atoms with Gasteiger partial charge in [0.05, 0.1) is 15.6 Å². The van der Waals surface area contributed by atoms with Crippen molar-refractivity contribution in [1.82, 2.24) is 4.90 Å². The minimum atomic E-state index is -0.436. The molecule has 0 radical (unpaired) electrons. The Morgan fingerprint density at radius 2 is 2.22 bits per heavy atom. The van der Waals surface area contributed by atoms with E-state index in [0.717, 1.165) is 9.13 Å². The van der Waals surface area contributed by atoms with E-state index in [1.54, 1.807) is 20.2 Å². The lowest BCUT2D eigenvalue weighted by molar-refractivity contribution is -0.142. The van der Waals surface area contributed by atoms with Crippen molar-refractivity contribution in [3.05, 3.63) is 32.2 Å². The number of nitrogens with zero attached hydrogens (tertiary/aromatic N) is 2. The topological polar surface area (TPSA) is 68.2 Å². The van der Waals surface area contributed by atoms with Crippen molar-refractivity contribution in [3.8, 4) is 5.75 Å². The van der Waals surface area contributed by atoms with Gasteiger partial charge in [0.25, 0.3) is 5.91 Å². The molecule has 0 bridgehead atoms. The summed E-state index contributed by atoms with van der Waals surface area (Å²) in [5.41, 5.74) is 0.876. The number of thioether (sulfide) groups is 1. The Bertz CT molecular complexity index is 703. The van der Waals surface area contributed by atoms with Crippen molar-refractivity contribution in [2.24, 2.45) is 4.99 Å². The Kier molecular flexibility index (Phi) is 6.05. The number of hydrogen-bond acceptors (Lipinski definition) is 6. The Labute approximate surface area is 152 Å². The molecular weight excluding hydrogens is 431 g/mol. The fourth-order valence-electron chi connectivity index (χ4n) is 1.82. The number of ether oxygens (including phenoxy) is 2. The Balaban J connectivity index is 2.16. The lowest BCUT2D eigenvalue weighted by atomic mass is 10.2. The highest BCUT2D eigenvalue weighted by atomic mass is 127. The number of aliphatic imine (C=N–C) groups is 1. The summed E-state index contributed by atoms with van der Waals surface area (Å²) in [6.07, 6.45) is 1.81. The molecule has 1 aromatic carbocycles. The van der Waals surface area contributed by atoms with E-state index in [4.69, 9.17) is 4.74 Å². The Hall–Kier alpha value is -1.55. The molecule has 2 rings (SSSR count). The van der Waals surface area contributed by atoms with Gasteiger partial charge in [0.2, 0.25) is 0 Å². The van der Waals surface area contributed by atoms with Gasteiger partial charge in [0.15, 0.2) is 11.8 Å². The van der Waals surface area contributed by atoms with E-state index < -0.39 is 5.97 Å². The third kappa shape index (κ3) is 4.25. The number of benzene rings is 1. The molecule has 6 nitrogen and oxygen atoms in total. The second-order valence-corrected chi connectivity index (χ2v) is 6.71. The summed E-state index contributed by atoms with van der Waals surface area (Å²) in [6, 6.07) is 5.48. The van der Waals surface area contributed by atoms with Crippen LogP contribution < -0.4 is 4.74 Å². The lowest BCUT2D eigenvalue weighted by Gasteiger charge is -2.08. The third-order valence-corrected chi connectivity index (χ3v) is 5.02. The van der Waals surface area contributed by atoms with Gasteiger partial charge in [0, 0.05) is 14.1 Å². The summed E-state index contributed by atoms with van der Waals surface area (Å²) < 4.78 is 10.8. The SMILES string of the molecule is CN=C1S/C(=C/c2ccc(OCC(=O)OC)c(I)c2)C(=O)N1C. The highest BCUT2D eigenvalue weighted by Gasteiger charge is 2.29. The molecule has 1 aliphatic rings. The molecule has 0 aliphatic carbocycles. The normalized spacial score (nSPS) is 17.9. The number of amides is 1. The zero-order chi connectivity index (χ0) is 17.0. The fourth-order valence-corrected chi connectivity index (χ4v) is 3.44. The second kappa shape index (κ2) is 7.82. The molecule has 1 saturated heterocycles. The van der Waals surface area contributed by atoms with Crippen molar-refractivity contribution in [1.29, 1.82) is 0 Å². The Morgan fingerprint density at radius 1 is 1.48 bits per heavy atom. The predicted octanol–water partition coefficient (Wildman–Crippen LogP) is 2.37. The van der Waals surface area contributed by atoms with Gasteiger partial charge in [-0.05, 0) is 58.1 Å². The van der Waals surface area contributed by atoms with Crippen LogP contribution in [0.25, 0.3) is 6.08 Å². The zero-order valence-electron chi connectivity index (χ0n) is 12.8. The average molecular weight is 446 g/mol. The number of carbonyl (C=O) groups is 2. The van der Waals surface area contributed by atoms with Crippen LogP contribution in [0, 0.1) is 3.57 Å². The number of halogens is 1. The molecule has 0 unspecified atom stereocenters. The molecule has 0 aromatic heterocycles. The summed E-state index contributed by atoms with van der Waals surface area (Å²) in [4.78, 5) is 29.4. The van der Waals surface area contributed by atoms with E-state index in [-0.39, 0.29) is 12.5 Å². The summed E-state index contributed by atoms with van der Waals surface area (Å²) in [5.74, 6) is 0.0856. The summed E-state index contributed by atoms with van der Waals surface area (Å²) in [5, 5.41) is 0.675. The third-order valence-electron chi connectivity index (χ3n) is 3.02. The van der Waals surface area contributed by atoms with Crippen molar-refractivity contribution in [3.63, 3.8) is 0 Å². The molecule has 1 fully saturated rings. The predicted molar refractivity (Wildman–Crippen MR) is 98.4 cm³/mol. The average Bonchev–Trinajstić information content (AvgIpc) is 2.81. The highest BCUT2D eigenvalue weighted by molar-refractivity contribution is 14.1. The van der Waals surface area contributed by atoms with Gasteiger partial charge in [-0.2, -0.15) is 0 Å². The van der Waals surface area contributed by atoms with Crippen molar-refractivity contribution < 1.29 is 19.1 Å². The zero-order valence-corrected chi connectivity index (χ0v) is 15.8. The van der Waals surface area contributed by atoms with E-state index in [1.807, 2.05) is 18.2 Å². The lowest BCUT2D eigenvalue weighted by Crippen LogP contribution is -2.23. The number of carbonyl (C=O) groups excluding carboxylic acids is 2. The number of hydrogen-bond donors (Lipinski definition) is 0. The van der Waals surface area contributed by atoms with E-state index in [2.05, 4.69) is 32.3 Å². The molecule has 8 heteroatoms. The Morgan fingerprint density at radius 3 is 2.78 bits per heavy atom. The quantitative estimate of drug-likeness (QED) is 0.404. The summed E-state index contributed by atoms with van der Waals surface area (Å²) >= 11 is 3.46.